The van der Waals surface area contributed by atoms with Crippen molar-refractivity contribution in [1.82, 2.24) is 0 Å². The van der Waals surface area contributed by atoms with E-state index in [-0.39, 0.29) is 41.0 Å². The fraction of sp³-hybridized carbons (Fsp3) is 0.250. The molecule has 0 saturated carbocycles. The van der Waals surface area contributed by atoms with Gasteiger partial charge in [0.15, 0.2) is 5.70 Å². The van der Waals surface area contributed by atoms with Crippen LogP contribution < -0.4 is 16.4 Å². The van der Waals surface area contributed by atoms with Gasteiger partial charge in [0, 0.05) is 23.4 Å². The topological polar surface area (TPSA) is 170 Å². The Labute approximate surface area is 245 Å². The zero-order chi connectivity index (χ0) is 30.7. The number of nitrogens with zero attached hydrogens (tertiary/aromatic N) is 3. The summed E-state index contributed by atoms with van der Waals surface area (Å²) in [7, 11) is 0. The summed E-state index contributed by atoms with van der Waals surface area (Å²) in [6, 6.07) is 24.9. The van der Waals surface area contributed by atoms with E-state index in [1.54, 1.807) is 36.4 Å². The molecule has 0 aliphatic carbocycles. The van der Waals surface area contributed by atoms with E-state index in [4.69, 9.17) is 5.73 Å². The maximum Gasteiger partial charge on any atom is 0.279 e. The van der Waals surface area contributed by atoms with E-state index in [0.717, 1.165) is 5.56 Å². The van der Waals surface area contributed by atoms with Crippen molar-refractivity contribution in [2.24, 2.45) is 21.4 Å². The molecule has 216 valence electrons. The van der Waals surface area contributed by atoms with Gasteiger partial charge in [0.1, 0.15) is 5.76 Å². The highest BCUT2D eigenvalue weighted by atomic mass is 16.3. The molecule has 0 spiro atoms. The average Bonchev–Trinajstić information content (AvgIpc) is 2.97. The van der Waals surface area contributed by atoms with Gasteiger partial charge in [-0.2, -0.15) is 10.4 Å². The fourth-order valence-electron chi connectivity index (χ4n) is 4.37. The summed E-state index contributed by atoms with van der Waals surface area (Å²) in [5.74, 6) is -1.83. The van der Waals surface area contributed by atoms with Crippen LogP contribution in [-0.2, 0) is 9.59 Å². The van der Waals surface area contributed by atoms with Crippen molar-refractivity contribution < 1.29 is 19.5 Å². The van der Waals surface area contributed by atoms with Crippen LogP contribution in [0.3, 0.4) is 0 Å². The number of anilines is 2. The molecule has 0 bridgehead atoms. The first-order valence-corrected chi connectivity index (χ1v) is 13.4. The molecular weight excluding hydrogens is 532 g/mol. The lowest BCUT2D eigenvalue weighted by Gasteiger charge is -2.25. The van der Waals surface area contributed by atoms with E-state index in [9.17, 15) is 24.8 Å². The first kappa shape index (κ1) is 31.2. The number of benzene rings is 3. The minimum atomic E-state index is -0.731. The van der Waals surface area contributed by atoms with Gasteiger partial charge in [-0.3, -0.25) is 14.4 Å². The number of carbonyl (C=O) groups is 3. The molecule has 10 heteroatoms. The zero-order valence-corrected chi connectivity index (χ0v) is 23.8. The number of aliphatic hydroxyl groups is 1. The third kappa shape index (κ3) is 9.13. The van der Waals surface area contributed by atoms with Gasteiger partial charge in [-0.15, -0.1) is 5.11 Å². The molecule has 0 aliphatic rings. The van der Waals surface area contributed by atoms with Crippen LogP contribution in [0.5, 0.6) is 0 Å². The maximum absolute atomic E-state index is 12.8. The molecule has 0 aromatic heterocycles. The molecular formula is C32H34N6O4. The van der Waals surface area contributed by atoms with Gasteiger partial charge in [-0.25, -0.2) is 0 Å². The van der Waals surface area contributed by atoms with Crippen LogP contribution in [-0.4, -0.2) is 22.8 Å². The fourth-order valence-corrected chi connectivity index (χ4v) is 4.37. The second kappa shape index (κ2) is 14.4. The van der Waals surface area contributed by atoms with Gasteiger partial charge in [-0.05, 0) is 74.6 Å². The van der Waals surface area contributed by atoms with E-state index in [2.05, 4.69) is 33.9 Å². The first-order chi connectivity index (χ1) is 20.0. The Bertz CT molecular complexity index is 1540. The molecule has 3 amide bonds. The number of aliphatic hydroxyl groups excluding tert-OH is 1. The highest BCUT2D eigenvalue weighted by Crippen LogP contribution is 2.35. The molecule has 3 rings (SSSR count). The van der Waals surface area contributed by atoms with Gasteiger partial charge < -0.3 is 21.5 Å². The van der Waals surface area contributed by atoms with Crippen LogP contribution in [0.2, 0.25) is 0 Å². The third-order valence-corrected chi connectivity index (χ3v) is 6.66. The van der Waals surface area contributed by atoms with Crippen molar-refractivity contribution in [2.45, 2.75) is 46.0 Å². The van der Waals surface area contributed by atoms with Gasteiger partial charge >= 0.3 is 0 Å². The van der Waals surface area contributed by atoms with Crippen molar-refractivity contribution in [3.8, 4) is 6.07 Å². The number of nitrogens with two attached hydrogens (primary N) is 1. The van der Waals surface area contributed by atoms with Crippen molar-refractivity contribution in [2.75, 3.05) is 10.6 Å². The Balaban J connectivity index is 1.61. The normalized spacial score (nSPS) is 13.8. The Hall–Kier alpha value is -5.30. The Morgan fingerprint density at radius 2 is 1.67 bits per heavy atom. The lowest BCUT2D eigenvalue weighted by atomic mass is 9.77. The molecule has 0 fully saturated rings. The van der Waals surface area contributed by atoms with Gasteiger partial charge in [0.05, 0.1) is 17.2 Å². The molecule has 0 heterocycles. The standard InChI is InChI=1S/C32H34N6O4/c1-21(23-9-5-4-6-10-23)19-32(3,20-33)16-15-28(40)35-25-12-8-13-26(18-25)36-31(42)29(22(2)39)38-37-27-14-7-11-24(17-27)30(34)41/h4-14,17-18,21,39H,15-16,19H2,1-3H3,(H2,34,41)(H,35,40)(H,36,42). The number of hydrogen-bond donors (Lipinski definition) is 4. The van der Waals surface area contributed by atoms with Crippen molar-refractivity contribution in [3.63, 3.8) is 0 Å². The Kier molecular flexibility index (Phi) is 10.7. The number of azo groups is 1. The summed E-state index contributed by atoms with van der Waals surface area (Å²) < 4.78 is 0. The molecule has 10 nitrogen and oxygen atoms in total. The minimum absolute atomic E-state index is 0.149. The van der Waals surface area contributed by atoms with Crippen LogP contribution >= 0.6 is 0 Å². The molecule has 42 heavy (non-hydrogen) atoms. The minimum Gasteiger partial charge on any atom is -0.510 e. The molecule has 3 aromatic rings. The zero-order valence-electron chi connectivity index (χ0n) is 23.8. The molecule has 2 unspecified atom stereocenters. The number of nitriles is 1. The largest absolute Gasteiger partial charge is 0.510 e. The van der Waals surface area contributed by atoms with Crippen molar-refractivity contribution in [1.29, 1.82) is 5.26 Å². The summed E-state index contributed by atoms with van der Waals surface area (Å²) in [5.41, 5.74) is 6.70. The Morgan fingerprint density at radius 1 is 1.00 bits per heavy atom. The molecule has 5 N–H and O–H groups in total. The molecule has 2 atom stereocenters. The summed E-state index contributed by atoms with van der Waals surface area (Å²) in [4.78, 5) is 37.0. The van der Waals surface area contributed by atoms with Gasteiger partial charge in [-0.1, -0.05) is 49.4 Å². The number of nitrogens with one attached hydrogen (secondary N) is 2. The highest BCUT2D eigenvalue weighted by molar-refractivity contribution is 6.04. The number of amides is 3. The molecule has 0 aliphatic heterocycles. The number of primary amides is 1. The summed E-state index contributed by atoms with van der Waals surface area (Å²) in [6.07, 6.45) is 1.16. The van der Waals surface area contributed by atoms with Crippen molar-refractivity contribution >= 4 is 34.8 Å². The number of carbonyl (C=O) groups excluding carboxylic acids is 3. The smallest absolute Gasteiger partial charge is 0.279 e. The monoisotopic (exact) mass is 566 g/mol. The van der Waals surface area contributed by atoms with E-state index in [1.807, 2.05) is 37.3 Å². The molecule has 3 aromatic carbocycles. The third-order valence-electron chi connectivity index (χ3n) is 6.66. The highest BCUT2D eigenvalue weighted by Gasteiger charge is 2.28. The molecule has 0 radical (unpaired) electrons. The first-order valence-electron chi connectivity index (χ1n) is 13.4. The predicted molar refractivity (Wildman–Crippen MR) is 161 cm³/mol. The van der Waals surface area contributed by atoms with Crippen molar-refractivity contribution in [3.05, 3.63) is 101 Å². The average molecular weight is 567 g/mol. The van der Waals surface area contributed by atoms with Gasteiger partial charge in [0.2, 0.25) is 11.8 Å². The van der Waals surface area contributed by atoms with Crippen LogP contribution in [0.25, 0.3) is 0 Å². The van der Waals surface area contributed by atoms with Crippen LogP contribution in [0.1, 0.15) is 61.9 Å². The van der Waals surface area contributed by atoms with E-state index in [0.29, 0.717) is 24.2 Å². The van der Waals surface area contributed by atoms with Gasteiger partial charge in [0.25, 0.3) is 5.91 Å². The van der Waals surface area contributed by atoms with E-state index >= 15 is 0 Å². The lowest BCUT2D eigenvalue weighted by Crippen LogP contribution is -2.21. The maximum atomic E-state index is 12.8. The van der Waals surface area contributed by atoms with Crippen LogP contribution in [0.15, 0.2) is 101 Å². The predicted octanol–water partition coefficient (Wildman–Crippen LogP) is 6.74. The second-order valence-corrected chi connectivity index (χ2v) is 10.3. The van der Waals surface area contributed by atoms with E-state index < -0.39 is 17.2 Å². The quantitative estimate of drug-likeness (QED) is 0.108. The van der Waals surface area contributed by atoms with Crippen LogP contribution in [0.4, 0.5) is 17.1 Å². The number of allylic oxidation sites excluding steroid dienone is 1. The SMILES string of the molecule is CC(O)=C(N=Nc1cccc(C(N)=O)c1)C(=O)Nc1cccc(NC(=O)CCC(C)(C#N)CC(C)c2ccccc2)c1. The summed E-state index contributed by atoms with van der Waals surface area (Å²) in [6.45, 7) is 5.24. The summed E-state index contributed by atoms with van der Waals surface area (Å²) >= 11 is 0. The van der Waals surface area contributed by atoms with Crippen LogP contribution in [0, 0.1) is 16.7 Å². The molecule has 0 saturated heterocycles. The lowest BCUT2D eigenvalue weighted by molar-refractivity contribution is -0.116. The number of rotatable bonds is 12. The number of hydrogen-bond acceptors (Lipinski definition) is 7. The van der Waals surface area contributed by atoms with E-state index in [1.165, 1.54) is 19.1 Å². The second-order valence-electron chi connectivity index (χ2n) is 10.3. The Morgan fingerprint density at radius 3 is 2.31 bits per heavy atom. The summed E-state index contributed by atoms with van der Waals surface area (Å²) in [5, 5.41) is 33.1.